The molecule has 74 valence electrons. The summed E-state index contributed by atoms with van der Waals surface area (Å²) in [5.74, 6) is 0.0834. The summed E-state index contributed by atoms with van der Waals surface area (Å²) in [6.45, 7) is 0. The summed E-state index contributed by atoms with van der Waals surface area (Å²) in [6.07, 6.45) is -1.40. The second-order valence-electron chi connectivity index (χ2n) is 2.75. The maximum Gasteiger partial charge on any atom is 0.512 e. The van der Waals surface area contributed by atoms with E-state index in [0.717, 1.165) is 0 Å². The average molecular weight is 203 g/mol. The number of hydrogen-bond acceptors (Lipinski definition) is 4. The van der Waals surface area contributed by atoms with E-state index in [4.69, 9.17) is 10.4 Å². The molecule has 0 aromatic carbocycles. The highest BCUT2D eigenvalue weighted by Crippen LogP contribution is 2.18. The molecular weight excluding hydrogens is 198 g/mol. The molecule has 0 aliphatic carbocycles. The third kappa shape index (κ3) is 1.71. The van der Waals surface area contributed by atoms with Crippen molar-refractivity contribution in [2.24, 2.45) is 0 Å². The van der Waals surface area contributed by atoms with Crippen molar-refractivity contribution in [1.29, 1.82) is 5.26 Å². The quantitative estimate of drug-likeness (QED) is 0.684. The van der Waals surface area contributed by atoms with Crippen LogP contribution in [0.15, 0.2) is 18.2 Å². The van der Waals surface area contributed by atoms with Gasteiger partial charge in [-0.2, -0.15) is 5.26 Å². The smallest absolute Gasteiger partial charge is 0.449 e. The van der Waals surface area contributed by atoms with E-state index in [1.807, 2.05) is 6.07 Å². The van der Waals surface area contributed by atoms with Crippen molar-refractivity contribution in [3.05, 3.63) is 23.9 Å². The van der Waals surface area contributed by atoms with E-state index >= 15 is 0 Å². The lowest BCUT2D eigenvalue weighted by atomic mass is 10.3. The predicted octanol–water partition coefficient (Wildman–Crippen LogP) is 1.49. The number of aromatic nitrogens is 2. The van der Waals surface area contributed by atoms with E-state index in [1.54, 1.807) is 12.1 Å². The number of carboxylic acid groups (broad SMARTS) is 1. The molecule has 0 unspecified atom stereocenters. The van der Waals surface area contributed by atoms with E-state index < -0.39 is 6.16 Å². The van der Waals surface area contributed by atoms with Gasteiger partial charge in [0, 0.05) is 11.5 Å². The molecule has 2 N–H and O–H groups in total. The number of ether oxygens (including phenoxy) is 1. The van der Waals surface area contributed by atoms with Gasteiger partial charge in [-0.15, -0.1) is 0 Å². The predicted molar refractivity (Wildman–Crippen MR) is 49.5 cm³/mol. The van der Waals surface area contributed by atoms with Crippen molar-refractivity contribution in [2.75, 3.05) is 0 Å². The lowest BCUT2D eigenvalue weighted by Gasteiger charge is -1.91. The molecule has 2 aromatic rings. The monoisotopic (exact) mass is 203 g/mol. The number of carbonyl (C=O) groups is 1. The second-order valence-corrected chi connectivity index (χ2v) is 2.75. The number of nitrogens with zero attached hydrogens (tertiary/aromatic N) is 2. The van der Waals surface area contributed by atoms with Crippen molar-refractivity contribution in [1.82, 2.24) is 9.97 Å². The van der Waals surface area contributed by atoms with Crippen LogP contribution in [0.2, 0.25) is 0 Å². The Morgan fingerprint density at radius 3 is 3.07 bits per heavy atom. The fraction of sp³-hybridized carbons (Fsp3) is 0. The summed E-state index contributed by atoms with van der Waals surface area (Å²) in [6, 6.07) is 6.58. The molecule has 0 bridgehead atoms. The number of pyridine rings is 1. The Labute approximate surface area is 83.7 Å². The third-order valence-corrected chi connectivity index (χ3v) is 1.77. The Kier molecular flexibility index (Phi) is 1.99. The van der Waals surface area contributed by atoms with Gasteiger partial charge in [-0.3, -0.25) is 0 Å². The summed E-state index contributed by atoms with van der Waals surface area (Å²) in [7, 11) is 0. The molecule has 0 radical (unpaired) electrons. The summed E-state index contributed by atoms with van der Waals surface area (Å²) in [5, 5.41) is 17.7. The number of H-pyrrole nitrogens is 1. The Balaban J connectivity index is 2.47. The fourth-order valence-electron chi connectivity index (χ4n) is 1.19. The number of rotatable bonds is 1. The molecule has 6 nitrogen and oxygen atoms in total. The molecular formula is C9H5N3O3. The van der Waals surface area contributed by atoms with Gasteiger partial charge in [-0.1, -0.05) is 0 Å². The van der Waals surface area contributed by atoms with Gasteiger partial charge >= 0.3 is 6.16 Å². The van der Waals surface area contributed by atoms with E-state index in [0.29, 0.717) is 11.0 Å². The van der Waals surface area contributed by atoms with Crippen LogP contribution in [0.4, 0.5) is 4.79 Å². The van der Waals surface area contributed by atoms with Crippen molar-refractivity contribution >= 4 is 17.2 Å². The van der Waals surface area contributed by atoms with Crippen LogP contribution in [0.5, 0.6) is 5.88 Å². The van der Waals surface area contributed by atoms with Crippen LogP contribution in [-0.4, -0.2) is 21.2 Å². The van der Waals surface area contributed by atoms with Crippen LogP contribution in [0, 0.1) is 11.3 Å². The normalized spacial score (nSPS) is 9.80. The first kappa shape index (κ1) is 9.02. The van der Waals surface area contributed by atoms with E-state index in [1.165, 1.54) is 6.07 Å². The molecule has 15 heavy (non-hydrogen) atoms. The van der Waals surface area contributed by atoms with Crippen molar-refractivity contribution in [3.63, 3.8) is 0 Å². The van der Waals surface area contributed by atoms with Gasteiger partial charge in [0.25, 0.3) is 0 Å². The van der Waals surface area contributed by atoms with E-state index in [-0.39, 0.29) is 11.6 Å². The summed E-state index contributed by atoms with van der Waals surface area (Å²) >= 11 is 0. The molecule has 0 saturated carbocycles. The summed E-state index contributed by atoms with van der Waals surface area (Å²) in [5.41, 5.74) is 0.677. The zero-order valence-corrected chi connectivity index (χ0v) is 7.39. The highest BCUT2D eigenvalue weighted by Gasteiger charge is 2.06. The zero-order chi connectivity index (χ0) is 10.8. The SMILES string of the molecule is N#Cc1ccc2cc(OC(=O)O)[nH]c2n1. The van der Waals surface area contributed by atoms with Crippen LogP contribution < -0.4 is 4.74 Å². The van der Waals surface area contributed by atoms with Crippen molar-refractivity contribution in [2.45, 2.75) is 0 Å². The zero-order valence-electron chi connectivity index (χ0n) is 7.39. The average Bonchev–Trinajstić information content (AvgIpc) is 2.57. The van der Waals surface area contributed by atoms with Crippen LogP contribution in [0.25, 0.3) is 11.0 Å². The van der Waals surface area contributed by atoms with Gasteiger partial charge in [-0.05, 0) is 12.1 Å². The van der Waals surface area contributed by atoms with Crippen molar-refractivity contribution in [3.8, 4) is 11.9 Å². The Morgan fingerprint density at radius 2 is 2.40 bits per heavy atom. The molecule has 2 heterocycles. The maximum absolute atomic E-state index is 10.3. The van der Waals surface area contributed by atoms with Crippen LogP contribution >= 0.6 is 0 Å². The first-order valence-corrected chi connectivity index (χ1v) is 3.99. The van der Waals surface area contributed by atoms with Gasteiger partial charge in [0.1, 0.15) is 17.4 Å². The molecule has 2 rings (SSSR count). The van der Waals surface area contributed by atoms with Gasteiger partial charge in [0.15, 0.2) is 0 Å². The Bertz CT molecular complexity index is 567. The molecule has 0 aliphatic heterocycles. The van der Waals surface area contributed by atoms with Gasteiger partial charge in [-0.25, -0.2) is 9.78 Å². The lowest BCUT2D eigenvalue weighted by Crippen LogP contribution is -2.02. The number of hydrogen-bond donors (Lipinski definition) is 2. The minimum atomic E-state index is -1.40. The highest BCUT2D eigenvalue weighted by atomic mass is 16.7. The molecule has 2 aromatic heterocycles. The molecule has 0 aliphatic rings. The number of nitrogens with one attached hydrogen (secondary N) is 1. The van der Waals surface area contributed by atoms with Gasteiger partial charge in [0.2, 0.25) is 5.88 Å². The third-order valence-electron chi connectivity index (χ3n) is 1.77. The minimum absolute atomic E-state index is 0.0834. The van der Waals surface area contributed by atoms with E-state index in [2.05, 4.69) is 14.7 Å². The number of fused-ring (bicyclic) bond motifs is 1. The number of aromatic amines is 1. The maximum atomic E-state index is 10.3. The number of nitriles is 1. The fourth-order valence-corrected chi connectivity index (χ4v) is 1.19. The van der Waals surface area contributed by atoms with Crippen molar-refractivity contribution < 1.29 is 14.6 Å². The van der Waals surface area contributed by atoms with Gasteiger partial charge in [0.05, 0.1) is 0 Å². The first-order valence-electron chi connectivity index (χ1n) is 3.99. The molecule has 0 fully saturated rings. The summed E-state index contributed by atoms with van der Waals surface area (Å²) in [4.78, 5) is 16.8. The molecule has 0 atom stereocenters. The molecule has 0 spiro atoms. The first-order chi connectivity index (χ1) is 7.19. The largest absolute Gasteiger partial charge is 0.512 e. The lowest BCUT2D eigenvalue weighted by molar-refractivity contribution is 0.143. The minimum Gasteiger partial charge on any atom is -0.449 e. The van der Waals surface area contributed by atoms with Crippen LogP contribution in [0.3, 0.4) is 0 Å². The van der Waals surface area contributed by atoms with E-state index in [9.17, 15) is 4.79 Å². The van der Waals surface area contributed by atoms with Gasteiger partial charge < -0.3 is 14.8 Å². The molecule has 6 heteroatoms. The topological polar surface area (TPSA) is 99.0 Å². The molecule has 0 saturated heterocycles. The van der Waals surface area contributed by atoms with Crippen LogP contribution in [0.1, 0.15) is 5.69 Å². The highest BCUT2D eigenvalue weighted by molar-refractivity contribution is 5.79. The summed E-state index contributed by atoms with van der Waals surface area (Å²) < 4.78 is 4.41. The second kappa shape index (κ2) is 3.31. The Hall–Kier alpha value is -2.55. The standard InChI is InChI=1S/C9H5N3O3/c10-4-6-2-1-5-3-7(15-9(13)14)12-8(5)11-6/h1-3H,(H,11,12)(H,13,14). The Morgan fingerprint density at radius 1 is 1.60 bits per heavy atom. The molecule has 0 amide bonds. The van der Waals surface area contributed by atoms with Crippen LogP contribution in [-0.2, 0) is 0 Å².